The largest absolute Gasteiger partial charge is 0.309 e. The van der Waals surface area contributed by atoms with Crippen molar-refractivity contribution in [3.63, 3.8) is 0 Å². The fourth-order valence-corrected chi connectivity index (χ4v) is 10.2. The first-order valence-corrected chi connectivity index (χ1v) is 16.5. The van der Waals surface area contributed by atoms with Crippen LogP contribution in [0.4, 0.5) is 0 Å². The van der Waals surface area contributed by atoms with E-state index in [-0.39, 0.29) is 0 Å². The van der Waals surface area contributed by atoms with Gasteiger partial charge in [0.15, 0.2) is 25.5 Å². The van der Waals surface area contributed by atoms with Crippen molar-refractivity contribution in [3.05, 3.63) is 181 Å². The Morgan fingerprint density at radius 3 is 1.52 bits per heavy atom. The molecule has 234 valence electrons. The first-order chi connectivity index (χ1) is 37.3. The van der Waals surface area contributed by atoms with Crippen LogP contribution in [0.15, 0.2) is 181 Å². The minimum atomic E-state index is -5.99. The van der Waals surface area contributed by atoms with Crippen LogP contribution in [0.1, 0.15) is 41.1 Å². The summed E-state index contributed by atoms with van der Waals surface area (Å²) in [5.41, 5.74) is -4.54. The van der Waals surface area contributed by atoms with Gasteiger partial charge in [-0.05, 0) is 44.9 Å². The van der Waals surface area contributed by atoms with Crippen molar-refractivity contribution in [2.24, 2.45) is 0 Å². The number of fused-ring (bicyclic) bond motifs is 5. The fraction of sp³-hybridized carbons (Fsp3) is 0. The van der Waals surface area contributed by atoms with E-state index in [9.17, 15) is 16.4 Å². The molecule has 0 aliphatic carbocycles. The van der Waals surface area contributed by atoms with Gasteiger partial charge in [0.25, 0.3) is 0 Å². The van der Waals surface area contributed by atoms with Crippen molar-refractivity contribution in [3.8, 4) is 39.9 Å². The third kappa shape index (κ3) is 4.20. The molecule has 4 nitrogen and oxygen atoms in total. The van der Waals surface area contributed by atoms with Gasteiger partial charge in [-0.1, -0.05) is 157 Å². The van der Waals surface area contributed by atoms with Crippen molar-refractivity contribution >= 4 is 50.6 Å². The van der Waals surface area contributed by atoms with Crippen LogP contribution in [-0.4, -0.2) is 27.6 Å². The van der Waals surface area contributed by atoms with Gasteiger partial charge in [-0.15, -0.1) is 0 Å². The summed E-state index contributed by atoms with van der Waals surface area (Å²) in [7, 11) is -5.99. The number of para-hydroxylation sites is 2. The van der Waals surface area contributed by atoms with Crippen molar-refractivity contribution < 1.29 is 41.1 Å². The Morgan fingerprint density at radius 1 is 0.420 bits per heavy atom. The maximum Gasteiger partial charge on any atom is 0.184 e. The summed E-state index contributed by atoms with van der Waals surface area (Å²) in [5, 5.41) is -4.84. The number of hydrogen-bond donors (Lipinski definition) is 0. The normalized spacial score (nSPS) is 21.4. The third-order valence-electron chi connectivity index (χ3n) is 8.04. The van der Waals surface area contributed by atoms with E-state index in [1.807, 2.05) is 0 Å². The average molecular weight is 685 g/mol. The summed E-state index contributed by atoms with van der Waals surface area (Å²) < 4.78 is 272. The van der Waals surface area contributed by atoms with E-state index >= 15 is 0 Å². The van der Waals surface area contributed by atoms with Crippen molar-refractivity contribution in [2.45, 2.75) is 0 Å². The lowest BCUT2D eigenvalue weighted by atomic mass is 10.1. The van der Waals surface area contributed by atoms with Crippen LogP contribution in [0, 0.1) is 0 Å². The minimum Gasteiger partial charge on any atom is -0.309 e. The zero-order valence-corrected chi connectivity index (χ0v) is 25.8. The Labute approximate surface area is 333 Å². The Balaban J connectivity index is 1.52. The quantitative estimate of drug-likeness (QED) is 0.175. The number of hydrogen-bond acceptors (Lipinski definition) is 3. The highest BCUT2D eigenvalue weighted by atomic mass is 28.3. The molecule has 0 saturated carbocycles. The van der Waals surface area contributed by atoms with E-state index in [0.717, 1.165) is 4.57 Å². The molecule has 7 aromatic carbocycles. The topological polar surface area (TPSA) is 43.6 Å². The molecule has 0 N–H and O–H groups in total. The van der Waals surface area contributed by atoms with Gasteiger partial charge in [0, 0.05) is 33.2 Å². The molecule has 1 aliphatic rings. The highest BCUT2D eigenvalue weighted by Crippen LogP contribution is 2.37. The van der Waals surface area contributed by atoms with E-state index in [1.54, 1.807) is 0 Å². The van der Waals surface area contributed by atoms with Gasteiger partial charge in [-0.2, -0.15) is 0 Å². The number of rotatable bonds is 5. The summed E-state index contributed by atoms with van der Waals surface area (Å²) in [6.07, 6.45) is 0. The lowest BCUT2D eigenvalue weighted by Gasteiger charge is -2.39. The van der Waals surface area contributed by atoms with E-state index in [2.05, 4.69) is 15.0 Å². The average Bonchev–Trinajstić information content (AvgIpc) is 2.14. The molecule has 2 aromatic heterocycles. The molecule has 5 heteroatoms. The second-order valence-electron chi connectivity index (χ2n) is 10.6. The Bertz CT molecular complexity index is 4170. The predicted octanol–water partition coefficient (Wildman–Crippen LogP) is 7.66. The van der Waals surface area contributed by atoms with E-state index in [0.29, 0.717) is 0 Å². The summed E-state index contributed by atoms with van der Waals surface area (Å²) in [4.78, 5) is 12.9. The first kappa shape index (κ1) is 11.6. The maximum atomic E-state index is 10.1. The predicted molar refractivity (Wildman–Crippen MR) is 208 cm³/mol. The number of nitrogens with zero attached hydrogens (tertiary/aromatic N) is 4. The van der Waals surface area contributed by atoms with Gasteiger partial charge in [0.05, 0.1) is 52.2 Å². The van der Waals surface area contributed by atoms with Gasteiger partial charge in [-0.25, -0.2) is 15.0 Å². The molecule has 50 heavy (non-hydrogen) atoms. The van der Waals surface area contributed by atoms with E-state index < -0.39 is 272 Å². The summed E-state index contributed by atoms with van der Waals surface area (Å²) >= 11 is 0. The molecule has 0 saturated heterocycles. The zero-order valence-electron chi connectivity index (χ0n) is 54.8. The molecule has 0 bridgehead atoms. The Hall–Kier alpha value is -6.43. The van der Waals surface area contributed by atoms with Crippen molar-refractivity contribution in [1.82, 2.24) is 19.5 Å². The van der Waals surface area contributed by atoms with Crippen LogP contribution in [0.3, 0.4) is 0 Å². The van der Waals surface area contributed by atoms with Gasteiger partial charge in [0.2, 0.25) is 0 Å². The SMILES string of the molecule is [2H]c1c([2H])c([2H])c(-c2nc(-c3c([2H])c([2H])c([2H])c([2H])c3[2H])nc(-c3c([2H])c([2H])c4c(c3[2H])c3c([2H])c([2H])c([2H])c5c3n4-c3c([2H])c([2H])c([2H])c([2H])c3[Si]5(c3c([2H])c([2H])c([2H])c([2H])c3[2H])c3c([2H])c([2H])c([2H])c([2H])c3[2H])n2)c([2H])c1[2H]. The van der Waals surface area contributed by atoms with E-state index in [4.69, 9.17) is 24.7 Å². The lowest BCUT2D eigenvalue weighted by Crippen LogP contribution is -2.76. The number of aromatic nitrogens is 4. The Kier molecular flexibility index (Phi) is 2.62. The molecule has 0 atom stereocenters. The van der Waals surface area contributed by atoms with Gasteiger partial charge < -0.3 is 4.57 Å². The van der Waals surface area contributed by atoms with Crippen LogP contribution in [0.25, 0.3) is 61.7 Å². The Morgan fingerprint density at radius 2 is 0.920 bits per heavy atom. The van der Waals surface area contributed by atoms with Gasteiger partial charge in [0.1, 0.15) is 0 Å². The van der Waals surface area contributed by atoms with Crippen LogP contribution >= 0.6 is 0 Å². The van der Waals surface area contributed by atoms with Crippen LogP contribution < -0.4 is 20.7 Å². The van der Waals surface area contributed by atoms with Gasteiger partial charge in [-0.3, -0.25) is 0 Å². The molecule has 9 aromatic rings. The van der Waals surface area contributed by atoms with Crippen LogP contribution in [0.5, 0.6) is 0 Å². The highest BCUT2D eigenvalue weighted by molar-refractivity contribution is 7.21. The van der Waals surface area contributed by atoms with Gasteiger partial charge >= 0.3 is 0 Å². The molecule has 0 amide bonds. The summed E-state index contributed by atoms with van der Waals surface area (Å²) in [6.45, 7) is 0. The molecule has 0 radical (unpaired) electrons. The smallest absolute Gasteiger partial charge is 0.184 e. The molecular formula is C45H30N4Si. The first-order valence-electron chi connectivity index (χ1n) is 29.5. The molecule has 10 rings (SSSR count). The third-order valence-corrected chi connectivity index (χ3v) is 12.3. The highest BCUT2D eigenvalue weighted by Gasteiger charge is 2.47. The molecule has 1 aliphatic heterocycles. The summed E-state index contributed by atoms with van der Waals surface area (Å²) in [6, 6.07) is -30.6. The zero-order chi connectivity index (χ0) is 59.2. The minimum absolute atomic E-state index is 0.664. The molecule has 0 unspecified atom stereocenters. The molecular weight excluding hydrogens is 625 g/mol. The molecule has 0 spiro atoms. The lowest BCUT2D eigenvalue weighted by molar-refractivity contribution is 1.07. The fourth-order valence-electron chi connectivity index (χ4n) is 6.08. The molecule has 3 heterocycles. The maximum absolute atomic E-state index is 10.1. The van der Waals surface area contributed by atoms with E-state index in [1.165, 1.54) is 0 Å². The summed E-state index contributed by atoms with van der Waals surface area (Å²) in [5.74, 6) is -2.62. The monoisotopic (exact) mass is 684 g/mol. The second kappa shape index (κ2) is 11.3. The van der Waals surface area contributed by atoms with Crippen molar-refractivity contribution in [1.29, 1.82) is 0 Å². The van der Waals surface area contributed by atoms with Crippen molar-refractivity contribution in [2.75, 3.05) is 0 Å². The van der Waals surface area contributed by atoms with Crippen LogP contribution in [0.2, 0.25) is 0 Å². The standard InChI is InChI=1S/C45H30N4Si/c1-5-16-31(17-6-1)43-46-44(32-18-7-2-8-19-32)48-45(47-43)33-28-29-38-37(30-33)36-24-15-27-41-42(36)49(38)39-25-13-14-26-40(39)50(41,34-20-9-3-10-21-34)35-22-11-4-12-23-35/h1-30H/i1D,2D,3D,4D,5D,6D,7D,8D,9D,10D,11D,12D,13D,14D,15D,16D,17D,18D,19D,20D,21D,22D,23D,24D,25D,26D,27D,28D,29D,30D. The second-order valence-corrected chi connectivity index (χ2v) is 14.1. The number of benzene rings is 7. The van der Waals surface area contributed by atoms with Crippen LogP contribution in [-0.2, 0) is 0 Å². The molecule has 0 fully saturated rings.